The van der Waals surface area contributed by atoms with Crippen LogP contribution >= 0.6 is 11.8 Å². The summed E-state index contributed by atoms with van der Waals surface area (Å²) in [6.45, 7) is 4.86. The number of amides is 1. The largest absolute Gasteiger partial charge is 0.352 e. The molecule has 2 aromatic rings. The molecular formula is C20H27N3O2S. The first-order chi connectivity index (χ1) is 12.6. The fraction of sp³-hybridized carbons (Fsp3) is 0.550. The summed E-state index contributed by atoms with van der Waals surface area (Å²) in [6.07, 6.45) is 5.53. The third-order valence-electron chi connectivity index (χ3n) is 5.06. The summed E-state index contributed by atoms with van der Waals surface area (Å²) < 4.78 is 1.70. The monoisotopic (exact) mass is 373 g/mol. The SMILES string of the molecule is CCCn1c(SCC(=O)N[C@H]2CCCC[C@@H]2C)nc2ccccc2c1=O. The number of hydrogen-bond acceptors (Lipinski definition) is 4. The van der Waals surface area contributed by atoms with Crippen LogP contribution in [-0.2, 0) is 11.3 Å². The number of carbonyl (C=O) groups excluding carboxylic acids is 1. The zero-order chi connectivity index (χ0) is 18.5. The van der Waals surface area contributed by atoms with Gasteiger partial charge in [0.1, 0.15) is 0 Å². The van der Waals surface area contributed by atoms with Crippen molar-refractivity contribution in [2.75, 3.05) is 5.75 Å². The maximum absolute atomic E-state index is 12.8. The Balaban J connectivity index is 1.74. The molecule has 0 radical (unpaired) electrons. The predicted molar refractivity (Wildman–Crippen MR) is 107 cm³/mol. The minimum atomic E-state index is -0.0266. The van der Waals surface area contributed by atoms with Gasteiger partial charge in [0.05, 0.1) is 16.7 Å². The molecule has 1 aliphatic rings. The fourth-order valence-electron chi connectivity index (χ4n) is 3.59. The van der Waals surface area contributed by atoms with Gasteiger partial charge in [-0.15, -0.1) is 0 Å². The van der Waals surface area contributed by atoms with E-state index in [1.807, 2.05) is 31.2 Å². The van der Waals surface area contributed by atoms with Crippen LogP contribution in [0.4, 0.5) is 0 Å². The number of aromatic nitrogens is 2. The van der Waals surface area contributed by atoms with Crippen LogP contribution < -0.4 is 10.9 Å². The molecule has 0 saturated heterocycles. The Morgan fingerprint density at radius 3 is 2.85 bits per heavy atom. The first-order valence-electron chi connectivity index (χ1n) is 9.52. The molecule has 1 heterocycles. The normalized spacial score (nSPS) is 20.2. The van der Waals surface area contributed by atoms with Crippen LogP contribution in [0.5, 0.6) is 0 Å². The quantitative estimate of drug-likeness (QED) is 0.621. The van der Waals surface area contributed by atoms with E-state index in [0.717, 1.165) is 12.8 Å². The van der Waals surface area contributed by atoms with E-state index < -0.39 is 0 Å². The average Bonchev–Trinajstić information content (AvgIpc) is 2.64. The Hall–Kier alpha value is -1.82. The van der Waals surface area contributed by atoms with Gasteiger partial charge >= 0.3 is 0 Å². The summed E-state index contributed by atoms with van der Waals surface area (Å²) in [4.78, 5) is 29.8. The van der Waals surface area contributed by atoms with Gasteiger partial charge in [-0.2, -0.15) is 0 Å². The number of rotatable bonds is 6. The number of benzene rings is 1. The minimum absolute atomic E-state index is 0.0266. The maximum Gasteiger partial charge on any atom is 0.262 e. The van der Waals surface area contributed by atoms with E-state index in [2.05, 4.69) is 17.2 Å². The molecule has 5 nitrogen and oxygen atoms in total. The van der Waals surface area contributed by atoms with E-state index in [1.54, 1.807) is 4.57 Å². The molecule has 1 aromatic carbocycles. The highest BCUT2D eigenvalue weighted by Gasteiger charge is 2.23. The van der Waals surface area contributed by atoms with Gasteiger partial charge in [0, 0.05) is 12.6 Å². The number of nitrogens with one attached hydrogen (secondary N) is 1. The Bertz CT molecular complexity index is 833. The number of carbonyl (C=O) groups is 1. The van der Waals surface area contributed by atoms with Crippen LogP contribution in [-0.4, -0.2) is 27.3 Å². The van der Waals surface area contributed by atoms with Gasteiger partial charge in [-0.05, 0) is 37.3 Å². The second kappa shape index (κ2) is 8.71. The summed E-state index contributed by atoms with van der Waals surface area (Å²) in [5.74, 6) is 0.853. The lowest BCUT2D eigenvalue weighted by molar-refractivity contribution is -0.119. The van der Waals surface area contributed by atoms with Crippen molar-refractivity contribution >= 4 is 28.6 Å². The molecule has 1 aromatic heterocycles. The molecule has 1 saturated carbocycles. The summed E-state index contributed by atoms with van der Waals surface area (Å²) in [5.41, 5.74) is 0.662. The molecule has 3 rings (SSSR count). The van der Waals surface area contributed by atoms with Crippen LogP contribution in [0.3, 0.4) is 0 Å². The van der Waals surface area contributed by atoms with Crippen molar-refractivity contribution in [1.29, 1.82) is 0 Å². The summed E-state index contributed by atoms with van der Waals surface area (Å²) >= 11 is 1.35. The number of nitrogens with zero attached hydrogens (tertiary/aromatic N) is 2. The lowest BCUT2D eigenvalue weighted by Crippen LogP contribution is -2.41. The second-order valence-corrected chi connectivity index (χ2v) is 8.04. The van der Waals surface area contributed by atoms with E-state index in [-0.39, 0.29) is 23.3 Å². The molecule has 1 aliphatic carbocycles. The van der Waals surface area contributed by atoms with Crippen molar-refractivity contribution < 1.29 is 4.79 Å². The highest BCUT2D eigenvalue weighted by atomic mass is 32.2. The molecule has 0 bridgehead atoms. The van der Waals surface area contributed by atoms with Crippen LogP contribution in [0, 0.1) is 5.92 Å². The van der Waals surface area contributed by atoms with Crippen molar-refractivity contribution in [3.05, 3.63) is 34.6 Å². The number of hydrogen-bond donors (Lipinski definition) is 1. The van der Waals surface area contributed by atoms with Crippen LogP contribution in [0.1, 0.15) is 46.0 Å². The molecule has 2 atom stereocenters. The fourth-order valence-corrected chi connectivity index (χ4v) is 4.42. The second-order valence-electron chi connectivity index (χ2n) is 7.09. The molecular weight excluding hydrogens is 346 g/mol. The Morgan fingerprint density at radius 1 is 1.31 bits per heavy atom. The van der Waals surface area contributed by atoms with Crippen LogP contribution in [0.15, 0.2) is 34.2 Å². The van der Waals surface area contributed by atoms with E-state index in [0.29, 0.717) is 28.5 Å². The topological polar surface area (TPSA) is 64.0 Å². The Labute approximate surface area is 158 Å². The molecule has 1 fully saturated rings. The smallest absolute Gasteiger partial charge is 0.262 e. The van der Waals surface area contributed by atoms with Crippen molar-refractivity contribution in [1.82, 2.24) is 14.9 Å². The molecule has 0 aliphatic heterocycles. The van der Waals surface area contributed by atoms with Gasteiger partial charge in [-0.1, -0.05) is 50.6 Å². The molecule has 6 heteroatoms. The summed E-state index contributed by atoms with van der Waals surface area (Å²) in [6, 6.07) is 7.67. The first kappa shape index (κ1) is 19.0. The van der Waals surface area contributed by atoms with Crippen molar-refractivity contribution in [2.45, 2.75) is 63.7 Å². The molecule has 140 valence electrons. The zero-order valence-corrected chi connectivity index (χ0v) is 16.3. The average molecular weight is 374 g/mol. The van der Waals surface area contributed by atoms with Gasteiger partial charge in [-0.3, -0.25) is 14.2 Å². The highest BCUT2D eigenvalue weighted by Crippen LogP contribution is 2.24. The van der Waals surface area contributed by atoms with Crippen molar-refractivity contribution in [3.8, 4) is 0 Å². The first-order valence-corrected chi connectivity index (χ1v) is 10.5. The Morgan fingerprint density at radius 2 is 2.08 bits per heavy atom. The zero-order valence-electron chi connectivity index (χ0n) is 15.5. The lowest BCUT2D eigenvalue weighted by Gasteiger charge is -2.29. The predicted octanol–water partition coefficient (Wildman–Crippen LogP) is 3.59. The molecule has 0 unspecified atom stereocenters. The summed E-state index contributed by atoms with van der Waals surface area (Å²) in [5, 5.41) is 4.42. The van der Waals surface area contributed by atoms with Gasteiger partial charge in [0.25, 0.3) is 5.56 Å². The van der Waals surface area contributed by atoms with Gasteiger partial charge in [-0.25, -0.2) is 4.98 Å². The highest BCUT2D eigenvalue weighted by molar-refractivity contribution is 7.99. The standard InChI is InChI=1S/C20H27N3O2S/c1-3-12-23-19(25)15-9-5-7-11-17(15)22-20(23)26-13-18(24)21-16-10-6-4-8-14(16)2/h5,7,9,11,14,16H,3-4,6,8,10,12-13H2,1-2H3,(H,21,24)/t14-,16-/m0/s1. The molecule has 1 N–H and O–H groups in total. The van der Waals surface area contributed by atoms with E-state index in [1.165, 1.54) is 31.0 Å². The number of thioether (sulfide) groups is 1. The maximum atomic E-state index is 12.8. The van der Waals surface area contributed by atoms with Crippen LogP contribution in [0.2, 0.25) is 0 Å². The van der Waals surface area contributed by atoms with E-state index in [9.17, 15) is 9.59 Å². The number of para-hydroxylation sites is 1. The lowest BCUT2D eigenvalue weighted by atomic mass is 9.86. The van der Waals surface area contributed by atoms with Gasteiger partial charge in [0.2, 0.25) is 5.91 Å². The molecule has 26 heavy (non-hydrogen) atoms. The van der Waals surface area contributed by atoms with Gasteiger partial charge < -0.3 is 5.32 Å². The molecule has 0 spiro atoms. The summed E-state index contributed by atoms with van der Waals surface area (Å²) in [7, 11) is 0. The third kappa shape index (κ3) is 4.29. The minimum Gasteiger partial charge on any atom is -0.352 e. The molecule has 1 amide bonds. The van der Waals surface area contributed by atoms with Crippen LogP contribution in [0.25, 0.3) is 10.9 Å². The van der Waals surface area contributed by atoms with Crippen molar-refractivity contribution in [2.24, 2.45) is 5.92 Å². The van der Waals surface area contributed by atoms with E-state index in [4.69, 9.17) is 0 Å². The Kier molecular flexibility index (Phi) is 6.35. The van der Waals surface area contributed by atoms with Crippen molar-refractivity contribution in [3.63, 3.8) is 0 Å². The third-order valence-corrected chi connectivity index (χ3v) is 6.04. The number of fused-ring (bicyclic) bond motifs is 1. The van der Waals surface area contributed by atoms with Gasteiger partial charge in [0.15, 0.2) is 5.16 Å². The van der Waals surface area contributed by atoms with E-state index >= 15 is 0 Å².